The summed E-state index contributed by atoms with van der Waals surface area (Å²) in [7, 11) is 0. The van der Waals surface area contributed by atoms with E-state index in [4.69, 9.17) is 0 Å². The topological polar surface area (TPSA) is 93.2 Å². The van der Waals surface area contributed by atoms with Crippen molar-refractivity contribution in [2.24, 2.45) is 5.92 Å². The van der Waals surface area contributed by atoms with Crippen LogP contribution in [-0.4, -0.2) is 82.5 Å². The van der Waals surface area contributed by atoms with Crippen molar-refractivity contribution in [3.8, 4) is 5.75 Å². The molecule has 0 aromatic heterocycles. The summed E-state index contributed by atoms with van der Waals surface area (Å²) >= 11 is 0. The number of fused-ring (bicyclic) bond motifs is 2. The molecule has 2 bridgehead atoms. The molecule has 5 aliphatic rings. The van der Waals surface area contributed by atoms with Crippen molar-refractivity contribution in [1.29, 1.82) is 0 Å². The Hall–Kier alpha value is -2.61. The number of phenolic OH excluding ortho intramolecular Hbond substituents is 1. The lowest BCUT2D eigenvalue weighted by Gasteiger charge is -2.51. The first-order valence-corrected chi connectivity index (χ1v) is 9.92. The molecule has 5 fully saturated rings. The highest BCUT2D eigenvalue weighted by Gasteiger charge is 2.54. The van der Waals surface area contributed by atoms with E-state index >= 15 is 0 Å². The third-order valence-corrected chi connectivity index (χ3v) is 6.81. The molecule has 0 saturated carbocycles. The molecule has 3 atom stereocenters. The smallest absolute Gasteiger partial charge is 0.325 e. The third-order valence-electron chi connectivity index (χ3n) is 6.81. The van der Waals surface area contributed by atoms with Gasteiger partial charge in [0.25, 0.3) is 0 Å². The van der Waals surface area contributed by atoms with E-state index in [0.29, 0.717) is 12.5 Å². The fourth-order valence-corrected chi connectivity index (χ4v) is 5.62. The molecule has 2 N–H and O–H groups in total. The van der Waals surface area contributed by atoms with E-state index in [2.05, 4.69) is 10.2 Å². The molecule has 148 valence electrons. The molecule has 0 radical (unpaired) electrons. The zero-order valence-electron chi connectivity index (χ0n) is 15.6. The van der Waals surface area contributed by atoms with Gasteiger partial charge in [-0.25, -0.2) is 4.79 Å². The van der Waals surface area contributed by atoms with Gasteiger partial charge in [0, 0.05) is 18.5 Å². The molecule has 28 heavy (non-hydrogen) atoms. The molecule has 5 aliphatic heterocycles. The first-order chi connectivity index (χ1) is 13.5. The Labute approximate surface area is 163 Å². The molecule has 1 aromatic carbocycles. The quantitative estimate of drug-likeness (QED) is 0.733. The summed E-state index contributed by atoms with van der Waals surface area (Å²) in [5.74, 6) is 0.379. The number of piperidine rings is 3. The van der Waals surface area contributed by atoms with Crippen LogP contribution < -0.4 is 5.32 Å². The van der Waals surface area contributed by atoms with E-state index in [-0.39, 0.29) is 48.7 Å². The minimum atomic E-state index is -0.493. The molecule has 8 heteroatoms. The van der Waals surface area contributed by atoms with Gasteiger partial charge in [-0.3, -0.25) is 19.8 Å². The number of hydrogen-bond donors (Lipinski definition) is 2. The molecule has 4 amide bonds. The zero-order valence-corrected chi connectivity index (χ0v) is 15.6. The maximum absolute atomic E-state index is 13.2. The van der Waals surface area contributed by atoms with Gasteiger partial charge in [-0.2, -0.15) is 0 Å². The molecule has 0 unspecified atom stereocenters. The number of urea groups is 1. The van der Waals surface area contributed by atoms with E-state index in [1.165, 1.54) is 4.90 Å². The Morgan fingerprint density at radius 3 is 2.64 bits per heavy atom. The average Bonchev–Trinajstić information content (AvgIpc) is 3.24. The summed E-state index contributed by atoms with van der Waals surface area (Å²) < 4.78 is 0. The molecule has 1 aromatic rings. The number of amides is 4. The Morgan fingerprint density at radius 2 is 1.96 bits per heavy atom. The highest BCUT2D eigenvalue weighted by Crippen LogP contribution is 2.46. The van der Waals surface area contributed by atoms with Gasteiger partial charge in [0.05, 0.1) is 6.04 Å². The van der Waals surface area contributed by atoms with E-state index in [0.717, 1.165) is 31.5 Å². The lowest BCUT2D eigenvalue weighted by Crippen LogP contribution is -2.61. The predicted molar refractivity (Wildman–Crippen MR) is 99.5 cm³/mol. The molecule has 6 rings (SSSR count). The van der Waals surface area contributed by atoms with E-state index in [9.17, 15) is 19.5 Å². The summed E-state index contributed by atoms with van der Waals surface area (Å²) in [6.45, 7) is 2.55. The Morgan fingerprint density at radius 1 is 1.18 bits per heavy atom. The van der Waals surface area contributed by atoms with Crippen molar-refractivity contribution in [3.63, 3.8) is 0 Å². The molecule has 5 saturated heterocycles. The van der Waals surface area contributed by atoms with E-state index in [1.807, 2.05) is 17.0 Å². The van der Waals surface area contributed by atoms with Crippen LogP contribution in [0.15, 0.2) is 24.3 Å². The van der Waals surface area contributed by atoms with Gasteiger partial charge in [-0.15, -0.1) is 0 Å². The Bertz CT molecular complexity index is 835. The number of imide groups is 1. The van der Waals surface area contributed by atoms with Crippen LogP contribution in [-0.2, 0) is 9.59 Å². The number of phenols is 1. The van der Waals surface area contributed by atoms with Gasteiger partial charge < -0.3 is 14.9 Å². The second kappa shape index (κ2) is 6.48. The number of aromatic hydroxyl groups is 1. The molecule has 8 nitrogen and oxygen atoms in total. The molecular formula is C20H24N4O4. The molecular weight excluding hydrogens is 360 g/mol. The first-order valence-electron chi connectivity index (χ1n) is 9.92. The average molecular weight is 384 g/mol. The fourth-order valence-electron chi connectivity index (χ4n) is 5.62. The third kappa shape index (κ3) is 2.74. The number of likely N-dealkylation sites (tertiary alicyclic amines) is 1. The number of carbonyl (C=O) groups is 3. The van der Waals surface area contributed by atoms with Crippen molar-refractivity contribution in [2.75, 3.05) is 32.7 Å². The Kier molecular flexibility index (Phi) is 4.04. The number of rotatable bonds is 3. The second-order valence-corrected chi connectivity index (χ2v) is 8.31. The number of carbonyl (C=O) groups excluding carboxylic acids is 3. The van der Waals surface area contributed by atoms with Crippen LogP contribution in [0.2, 0.25) is 0 Å². The lowest BCUT2D eigenvalue weighted by atomic mass is 9.75. The summed E-state index contributed by atoms with van der Waals surface area (Å²) in [5, 5.41) is 12.2. The highest BCUT2D eigenvalue weighted by atomic mass is 16.3. The number of nitrogens with one attached hydrogen (secondary N) is 1. The van der Waals surface area contributed by atoms with E-state index < -0.39 is 6.03 Å². The highest BCUT2D eigenvalue weighted by molar-refractivity contribution is 6.03. The largest absolute Gasteiger partial charge is 0.508 e. The van der Waals surface area contributed by atoms with Gasteiger partial charge in [-0.1, -0.05) is 12.1 Å². The molecule has 5 heterocycles. The maximum atomic E-state index is 13.2. The van der Waals surface area contributed by atoms with Crippen LogP contribution in [0, 0.1) is 5.92 Å². The SMILES string of the molecule is O=C1CN(CC(=O)N2C[C@@H](c3cccc(O)c3)[C@@H]3[C@H]2C2CCN3CC2)C(=O)N1. The van der Waals surface area contributed by atoms with Crippen molar-refractivity contribution in [3.05, 3.63) is 29.8 Å². The summed E-state index contributed by atoms with van der Waals surface area (Å²) in [4.78, 5) is 42.1. The van der Waals surface area contributed by atoms with Gasteiger partial charge in [0.15, 0.2) is 0 Å². The van der Waals surface area contributed by atoms with Crippen molar-refractivity contribution in [1.82, 2.24) is 20.0 Å². The molecule has 0 spiro atoms. The summed E-state index contributed by atoms with van der Waals surface area (Å²) in [5.41, 5.74) is 1.05. The monoisotopic (exact) mass is 384 g/mol. The van der Waals surface area contributed by atoms with Crippen molar-refractivity contribution < 1.29 is 19.5 Å². The normalized spacial score (nSPS) is 33.9. The maximum Gasteiger partial charge on any atom is 0.325 e. The van der Waals surface area contributed by atoms with Crippen LogP contribution in [0.3, 0.4) is 0 Å². The van der Waals surface area contributed by atoms with Gasteiger partial charge >= 0.3 is 6.03 Å². The van der Waals surface area contributed by atoms with Crippen LogP contribution in [0.4, 0.5) is 4.79 Å². The zero-order chi connectivity index (χ0) is 19.4. The summed E-state index contributed by atoms with van der Waals surface area (Å²) in [6.07, 6.45) is 2.17. The minimum Gasteiger partial charge on any atom is -0.508 e. The van der Waals surface area contributed by atoms with E-state index in [1.54, 1.807) is 12.1 Å². The van der Waals surface area contributed by atoms with Gasteiger partial charge in [0.2, 0.25) is 11.8 Å². The van der Waals surface area contributed by atoms with Crippen LogP contribution >= 0.6 is 0 Å². The Balaban J connectivity index is 1.42. The minimum absolute atomic E-state index is 0.0575. The summed E-state index contributed by atoms with van der Waals surface area (Å²) in [6, 6.07) is 7.20. The fraction of sp³-hybridized carbons (Fsp3) is 0.550. The number of hydrogen-bond acceptors (Lipinski definition) is 5. The van der Waals surface area contributed by atoms with Crippen LogP contribution in [0.1, 0.15) is 24.3 Å². The van der Waals surface area contributed by atoms with Crippen molar-refractivity contribution >= 4 is 17.8 Å². The standard InChI is InChI=1S/C20H24N4O4/c25-14-3-1-2-13(8-14)15-9-24(17(27)11-23-10-16(26)21-20(23)28)18-12-4-6-22(7-5-12)19(15)18/h1-3,8,12,15,18-19,25H,4-7,9-11H2,(H,21,26,28)/t15-,18+,19+/m0/s1. The van der Waals surface area contributed by atoms with Gasteiger partial charge in [0.1, 0.15) is 18.8 Å². The van der Waals surface area contributed by atoms with Crippen LogP contribution in [0.25, 0.3) is 0 Å². The predicted octanol–water partition coefficient (Wildman–Crippen LogP) is 0.333. The molecule has 0 aliphatic carbocycles. The van der Waals surface area contributed by atoms with Crippen molar-refractivity contribution in [2.45, 2.75) is 30.8 Å². The number of nitrogens with zero attached hydrogens (tertiary/aromatic N) is 3. The van der Waals surface area contributed by atoms with Gasteiger partial charge in [-0.05, 0) is 49.5 Å². The lowest BCUT2D eigenvalue weighted by molar-refractivity contribution is -0.136. The van der Waals surface area contributed by atoms with Crippen LogP contribution in [0.5, 0.6) is 5.75 Å². The number of benzene rings is 1. The second-order valence-electron chi connectivity index (χ2n) is 8.31. The first kappa shape index (κ1) is 17.5.